The molecule has 2 aromatic carbocycles. The van der Waals surface area contributed by atoms with Crippen LogP contribution in [0.5, 0.6) is 0 Å². The van der Waals surface area contributed by atoms with Gasteiger partial charge >= 0.3 is 0 Å². The summed E-state index contributed by atoms with van der Waals surface area (Å²) in [6.07, 6.45) is 0. The molecule has 0 aliphatic rings. The summed E-state index contributed by atoms with van der Waals surface area (Å²) in [5, 5.41) is 0.494. The van der Waals surface area contributed by atoms with Gasteiger partial charge in [-0.1, -0.05) is 6.07 Å². The van der Waals surface area contributed by atoms with Crippen molar-refractivity contribution in [2.75, 3.05) is 0 Å². The molecule has 3 aromatic rings. The zero-order chi connectivity index (χ0) is 15.1. The molecule has 0 aliphatic carbocycles. The number of rotatable bonds is 2. The van der Waals surface area contributed by atoms with Crippen LogP contribution in [-0.4, -0.2) is 0 Å². The molecule has 0 amide bonds. The monoisotopic (exact) mass is 291 g/mol. The standard InChI is InChI=1S/C16H12F3NO/c1-8-2-4-11(18)14(15(8)19)16(20)13-7-9-6-10(17)3-5-12(9)21-13/h2-7,16H,20H2,1H3. The molecular weight excluding hydrogens is 279 g/mol. The van der Waals surface area contributed by atoms with E-state index in [9.17, 15) is 13.2 Å². The van der Waals surface area contributed by atoms with E-state index in [1.54, 1.807) is 0 Å². The van der Waals surface area contributed by atoms with E-state index in [1.807, 2.05) is 0 Å². The highest BCUT2D eigenvalue weighted by atomic mass is 19.1. The maximum Gasteiger partial charge on any atom is 0.134 e. The van der Waals surface area contributed by atoms with Crippen LogP contribution in [0, 0.1) is 24.4 Å². The second kappa shape index (κ2) is 4.93. The molecule has 0 saturated heterocycles. The van der Waals surface area contributed by atoms with Gasteiger partial charge in [0, 0.05) is 10.9 Å². The summed E-state index contributed by atoms with van der Waals surface area (Å²) in [6, 6.07) is 6.87. The van der Waals surface area contributed by atoms with Crippen LogP contribution in [0.2, 0.25) is 0 Å². The molecule has 1 atom stereocenters. The lowest BCUT2D eigenvalue weighted by Crippen LogP contribution is -2.15. The Morgan fingerprint density at radius 3 is 2.57 bits per heavy atom. The van der Waals surface area contributed by atoms with E-state index in [2.05, 4.69) is 0 Å². The number of aryl methyl sites for hydroxylation is 1. The molecule has 0 bridgehead atoms. The molecule has 2 N–H and O–H groups in total. The minimum absolute atomic E-state index is 0.180. The predicted molar refractivity (Wildman–Crippen MR) is 73.3 cm³/mol. The number of hydrogen-bond donors (Lipinski definition) is 1. The van der Waals surface area contributed by atoms with Crippen LogP contribution in [0.25, 0.3) is 11.0 Å². The smallest absolute Gasteiger partial charge is 0.134 e. The summed E-state index contributed by atoms with van der Waals surface area (Å²) >= 11 is 0. The van der Waals surface area contributed by atoms with Crippen LogP contribution in [0.3, 0.4) is 0 Å². The van der Waals surface area contributed by atoms with Gasteiger partial charge in [0.05, 0.1) is 6.04 Å². The minimum atomic E-state index is -1.10. The average Bonchev–Trinajstić information content (AvgIpc) is 2.86. The molecule has 5 heteroatoms. The van der Waals surface area contributed by atoms with Gasteiger partial charge in [0.25, 0.3) is 0 Å². The van der Waals surface area contributed by atoms with Gasteiger partial charge in [-0.3, -0.25) is 0 Å². The van der Waals surface area contributed by atoms with Crippen molar-refractivity contribution in [3.63, 3.8) is 0 Å². The van der Waals surface area contributed by atoms with Crippen LogP contribution in [0.1, 0.15) is 22.9 Å². The van der Waals surface area contributed by atoms with E-state index in [4.69, 9.17) is 10.2 Å². The Bertz CT molecular complexity index is 826. The Kier molecular flexibility index (Phi) is 3.22. The molecule has 108 valence electrons. The Balaban J connectivity index is 2.12. The first-order valence-electron chi connectivity index (χ1n) is 6.36. The van der Waals surface area contributed by atoms with Crippen molar-refractivity contribution in [1.29, 1.82) is 0 Å². The van der Waals surface area contributed by atoms with Gasteiger partial charge in [-0.15, -0.1) is 0 Å². The van der Waals surface area contributed by atoms with Crippen LogP contribution in [0.4, 0.5) is 13.2 Å². The van der Waals surface area contributed by atoms with Crippen molar-refractivity contribution in [1.82, 2.24) is 0 Å². The molecule has 0 aliphatic heterocycles. The van der Waals surface area contributed by atoms with Gasteiger partial charge in [-0.25, -0.2) is 13.2 Å². The van der Waals surface area contributed by atoms with Gasteiger partial charge in [0.2, 0.25) is 0 Å². The molecular formula is C16H12F3NO. The molecule has 1 aromatic heterocycles. The normalized spacial score (nSPS) is 12.8. The van der Waals surface area contributed by atoms with Crippen molar-refractivity contribution in [2.24, 2.45) is 5.73 Å². The van der Waals surface area contributed by atoms with E-state index in [0.29, 0.717) is 16.5 Å². The molecule has 3 rings (SSSR count). The van der Waals surface area contributed by atoms with Gasteiger partial charge in [0.15, 0.2) is 0 Å². The molecule has 0 saturated carbocycles. The van der Waals surface area contributed by atoms with Crippen molar-refractivity contribution >= 4 is 11.0 Å². The molecule has 1 heterocycles. The summed E-state index contributed by atoms with van der Waals surface area (Å²) in [5.74, 6) is -1.68. The highest BCUT2D eigenvalue weighted by molar-refractivity contribution is 5.78. The highest BCUT2D eigenvalue weighted by Crippen LogP contribution is 2.30. The van der Waals surface area contributed by atoms with Crippen molar-refractivity contribution < 1.29 is 17.6 Å². The Hall–Kier alpha value is -2.27. The summed E-state index contributed by atoms with van der Waals surface area (Å²) in [7, 11) is 0. The van der Waals surface area contributed by atoms with Crippen molar-refractivity contribution in [3.8, 4) is 0 Å². The third-order valence-electron chi connectivity index (χ3n) is 3.43. The van der Waals surface area contributed by atoms with Crippen LogP contribution in [0.15, 0.2) is 40.8 Å². The SMILES string of the molecule is Cc1ccc(F)c(C(N)c2cc3cc(F)ccc3o2)c1F. The fourth-order valence-electron chi connectivity index (χ4n) is 2.29. The largest absolute Gasteiger partial charge is 0.459 e. The molecule has 1 unspecified atom stereocenters. The van der Waals surface area contributed by atoms with Gasteiger partial charge in [-0.2, -0.15) is 0 Å². The topological polar surface area (TPSA) is 39.2 Å². The molecule has 0 fully saturated rings. The highest BCUT2D eigenvalue weighted by Gasteiger charge is 2.23. The molecule has 0 radical (unpaired) electrons. The maximum absolute atomic E-state index is 14.1. The number of fused-ring (bicyclic) bond motifs is 1. The van der Waals surface area contributed by atoms with E-state index in [1.165, 1.54) is 37.3 Å². The lowest BCUT2D eigenvalue weighted by atomic mass is 10.0. The zero-order valence-electron chi connectivity index (χ0n) is 11.2. The fourth-order valence-corrected chi connectivity index (χ4v) is 2.29. The third kappa shape index (κ3) is 2.29. The van der Waals surface area contributed by atoms with Crippen molar-refractivity contribution in [2.45, 2.75) is 13.0 Å². The van der Waals surface area contributed by atoms with E-state index < -0.39 is 23.5 Å². The molecule has 2 nitrogen and oxygen atoms in total. The van der Waals surface area contributed by atoms with E-state index in [0.717, 1.165) is 6.07 Å². The minimum Gasteiger partial charge on any atom is -0.459 e. The summed E-state index contributed by atoms with van der Waals surface area (Å²) < 4.78 is 46.6. The number of halogens is 3. The van der Waals surface area contributed by atoms with Crippen LogP contribution in [-0.2, 0) is 0 Å². The Morgan fingerprint density at radius 2 is 1.81 bits per heavy atom. The average molecular weight is 291 g/mol. The second-order valence-electron chi connectivity index (χ2n) is 4.90. The molecule has 0 spiro atoms. The van der Waals surface area contributed by atoms with E-state index >= 15 is 0 Å². The predicted octanol–water partition coefficient (Wildman–Crippen LogP) is 4.21. The summed E-state index contributed by atoms with van der Waals surface area (Å²) in [5.41, 5.74) is 6.37. The maximum atomic E-state index is 14.1. The summed E-state index contributed by atoms with van der Waals surface area (Å²) in [4.78, 5) is 0. The second-order valence-corrected chi connectivity index (χ2v) is 4.90. The first-order valence-corrected chi connectivity index (χ1v) is 6.36. The van der Waals surface area contributed by atoms with Gasteiger partial charge in [0.1, 0.15) is 28.8 Å². The van der Waals surface area contributed by atoms with E-state index in [-0.39, 0.29) is 11.3 Å². The van der Waals surface area contributed by atoms with Crippen LogP contribution < -0.4 is 5.73 Å². The van der Waals surface area contributed by atoms with Crippen LogP contribution >= 0.6 is 0 Å². The fraction of sp³-hybridized carbons (Fsp3) is 0.125. The zero-order valence-corrected chi connectivity index (χ0v) is 11.2. The van der Waals surface area contributed by atoms with Gasteiger partial charge in [-0.05, 0) is 42.8 Å². The van der Waals surface area contributed by atoms with Crippen molar-refractivity contribution in [3.05, 3.63) is 70.7 Å². The first kappa shape index (κ1) is 13.7. The lowest BCUT2D eigenvalue weighted by molar-refractivity contribution is 0.485. The first-order chi connectivity index (χ1) is 9.97. The van der Waals surface area contributed by atoms with Gasteiger partial charge < -0.3 is 10.2 Å². The number of benzene rings is 2. The number of hydrogen-bond acceptors (Lipinski definition) is 2. The lowest BCUT2D eigenvalue weighted by Gasteiger charge is -2.12. The molecule has 21 heavy (non-hydrogen) atoms. The number of furan rings is 1. The number of nitrogens with two attached hydrogens (primary N) is 1. The summed E-state index contributed by atoms with van der Waals surface area (Å²) in [6.45, 7) is 1.53. The quantitative estimate of drug-likeness (QED) is 0.768. The Morgan fingerprint density at radius 1 is 1.05 bits per heavy atom. The third-order valence-corrected chi connectivity index (χ3v) is 3.43. The Labute approximate surface area is 119 Å².